The van der Waals surface area contributed by atoms with Crippen LogP contribution in [0.3, 0.4) is 0 Å². The van der Waals surface area contributed by atoms with Crippen molar-refractivity contribution < 1.29 is 33.7 Å². The zero-order valence-corrected chi connectivity index (χ0v) is 41.3. The largest absolute Gasteiger partial charge is 0.391 e. The molecular weight excluding hydrogens is 865 g/mol. The summed E-state index contributed by atoms with van der Waals surface area (Å²) in [6.45, 7) is 20.3. The van der Waals surface area contributed by atoms with E-state index in [2.05, 4.69) is 81.3 Å². The van der Waals surface area contributed by atoms with Crippen LogP contribution < -0.4 is 15.1 Å². The number of carbonyl (C=O) groups is 3. The number of β-amino-alcohol motifs (C(OH)–C–C–N with tert-alkyl or cyclic N) is 1. The molecule has 362 valence electrons. The van der Waals surface area contributed by atoms with Crippen LogP contribution in [0.25, 0.3) is 21.6 Å². The molecule has 3 aromatic carbocycles. The number of Topliss-reactive ketones (excluding diaryl/α,β-unsaturated/α-hetero) is 1. The van der Waals surface area contributed by atoms with Gasteiger partial charge in [-0.2, -0.15) is 0 Å². The number of aryl methyl sites for hydroxylation is 3. The van der Waals surface area contributed by atoms with Crippen molar-refractivity contribution in [2.75, 3.05) is 95.3 Å². The number of nitrogens with zero attached hydrogens (tertiary/aromatic N) is 5. The number of nitrogens with one attached hydrogen (secondary N) is 1. The molecule has 3 fully saturated rings. The average molecular weight is 937 g/mol. The molecule has 0 saturated carbocycles. The number of likely N-dealkylation sites (tertiary alicyclic amines) is 1. The van der Waals surface area contributed by atoms with Gasteiger partial charge in [0.05, 0.1) is 48.0 Å². The highest BCUT2D eigenvalue weighted by Crippen LogP contribution is 2.33. The number of ether oxygens (including phenoxy) is 3. The number of ketones is 1. The van der Waals surface area contributed by atoms with Crippen molar-refractivity contribution in [3.8, 4) is 21.6 Å². The van der Waals surface area contributed by atoms with Gasteiger partial charge in [-0.3, -0.25) is 19.3 Å². The smallest absolute Gasteiger partial charge is 0.246 e. The summed E-state index contributed by atoms with van der Waals surface area (Å²) in [5, 5.41) is 13.5. The molecule has 2 amide bonds. The SMILES string of the molecule is CCN(c1cc(-c2ccc(N3CCN(CCOCCOCC(=O)N[C@H](C(=O)N4C[C@H](O)C[C@H]4C(=O)CCc4ccc(-c5scnc5C)cc4)C(C)(C)C)CC3)cc2)ccc1C)C1CCOCC1. The van der Waals surface area contributed by atoms with E-state index in [4.69, 9.17) is 14.2 Å². The van der Waals surface area contributed by atoms with Gasteiger partial charge < -0.3 is 39.3 Å². The minimum absolute atomic E-state index is 0.0455. The van der Waals surface area contributed by atoms with Gasteiger partial charge in [0.15, 0.2) is 5.78 Å². The van der Waals surface area contributed by atoms with Crippen molar-refractivity contribution >= 4 is 40.3 Å². The fourth-order valence-corrected chi connectivity index (χ4v) is 10.4. The third kappa shape index (κ3) is 13.3. The van der Waals surface area contributed by atoms with Crippen LogP contribution in [0.5, 0.6) is 0 Å². The van der Waals surface area contributed by atoms with Crippen LogP contribution in [0, 0.1) is 19.3 Å². The van der Waals surface area contributed by atoms with Gasteiger partial charge in [-0.15, -0.1) is 11.3 Å². The lowest BCUT2D eigenvalue weighted by Crippen LogP contribution is -2.57. The van der Waals surface area contributed by atoms with Gasteiger partial charge in [-0.1, -0.05) is 69.3 Å². The monoisotopic (exact) mass is 937 g/mol. The zero-order chi connectivity index (χ0) is 47.5. The van der Waals surface area contributed by atoms with Gasteiger partial charge in [0.25, 0.3) is 0 Å². The molecule has 0 bridgehead atoms. The highest BCUT2D eigenvalue weighted by molar-refractivity contribution is 7.13. The number of carbonyl (C=O) groups excluding carboxylic acids is 3. The molecule has 2 N–H and O–H groups in total. The Balaban J connectivity index is 0.790. The summed E-state index contributed by atoms with van der Waals surface area (Å²) in [5.74, 6) is -0.899. The number of rotatable bonds is 20. The van der Waals surface area contributed by atoms with Crippen molar-refractivity contribution in [2.24, 2.45) is 5.41 Å². The number of aromatic nitrogens is 1. The summed E-state index contributed by atoms with van der Waals surface area (Å²) >= 11 is 1.60. The van der Waals surface area contributed by atoms with Crippen LogP contribution in [-0.2, 0) is 35.0 Å². The van der Waals surface area contributed by atoms with Crippen LogP contribution in [-0.4, -0.2) is 147 Å². The number of piperazine rings is 1. The van der Waals surface area contributed by atoms with Crippen molar-refractivity contribution in [1.29, 1.82) is 0 Å². The average Bonchev–Trinajstić information content (AvgIpc) is 3.95. The molecule has 0 radical (unpaired) electrons. The first kappa shape index (κ1) is 50.2. The topological polar surface area (TPSA) is 137 Å². The first-order valence-electron chi connectivity index (χ1n) is 24.3. The first-order valence-corrected chi connectivity index (χ1v) is 25.1. The first-order chi connectivity index (χ1) is 32.3. The normalized spacial score (nSPS) is 18.9. The third-order valence-electron chi connectivity index (χ3n) is 13.6. The Morgan fingerprint density at radius 2 is 1.60 bits per heavy atom. The van der Waals surface area contributed by atoms with Gasteiger partial charge >= 0.3 is 0 Å². The lowest BCUT2D eigenvalue weighted by atomic mass is 9.85. The molecule has 0 unspecified atom stereocenters. The number of benzene rings is 3. The van der Waals surface area contributed by atoms with Gasteiger partial charge in [-0.25, -0.2) is 4.98 Å². The van der Waals surface area contributed by atoms with Crippen LogP contribution in [0.15, 0.2) is 72.2 Å². The van der Waals surface area contributed by atoms with Crippen LogP contribution in [0.1, 0.15) is 70.2 Å². The van der Waals surface area contributed by atoms with Gasteiger partial charge in [0.1, 0.15) is 12.6 Å². The molecule has 4 aromatic rings. The van der Waals surface area contributed by atoms with Crippen LogP contribution in [0.2, 0.25) is 0 Å². The minimum atomic E-state index is -0.908. The van der Waals surface area contributed by atoms with E-state index in [9.17, 15) is 19.5 Å². The maximum absolute atomic E-state index is 14.0. The van der Waals surface area contributed by atoms with Crippen molar-refractivity contribution in [3.05, 3.63) is 89.1 Å². The van der Waals surface area contributed by atoms with Gasteiger partial charge in [0, 0.05) is 89.3 Å². The Labute approximate surface area is 401 Å². The van der Waals surface area contributed by atoms with Crippen molar-refractivity contribution in [3.63, 3.8) is 0 Å². The predicted molar refractivity (Wildman–Crippen MR) is 267 cm³/mol. The highest BCUT2D eigenvalue weighted by atomic mass is 32.1. The van der Waals surface area contributed by atoms with E-state index >= 15 is 0 Å². The van der Waals surface area contributed by atoms with E-state index in [1.807, 2.05) is 57.5 Å². The summed E-state index contributed by atoms with van der Waals surface area (Å²) in [4.78, 5) is 55.0. The van der Waals surface area contributed by atoms with Gasteiger partial charge in [-0.05, 0) is 91.5 Å². The predicted octanol–water partition coefficient (Wildman–Crippen LogP) is 6.95. The minimum Gasteiger partial charge on any atom is -0.391 e. The molecule has 0 spiro atoms. The highest BCUT2D eigenvalue weighted by Gasteiger charge is 2.44. The Hall–Kier alpha value is -4.70. The second kappa shape index (κ2) is 23.5. The Bertz CT molecular complexity index is 2230. The molecule has 3 aliphatic rings. The number of anilines is 2. The lowest BCUT2D eigenvalue weighted by Gasteiger charge is -2.36. The maximum atomic E-state index is 14.0. The number of amides is 2. The quantitative estimate of drug-likeness (QED) is 0.0892. The van der Waals surface area contributed by atoms with Gasteiger partial charge in [0.2, 0.25) is 11.8 Å². The molecule has 3 saturated heterocycles. The summed E-state index contributed by atoms with van der Waals surface area (Å²) in [6.07, 6.45) is 2.27. The fraction of sp³-hybridized carbons (Fsp3) is 0.547. The second-order valence-electron chi connectivity index (χ2n) is 19.4. The standard InChI is InChI=1S/C53H72N6O7S/c1-7-58(44-20-27-64-28-21-44)46-32-42(12-8-37(46)2)40-15-17-43(18-16-40)57-24-22-56(23-25-57)26-29-65-30-31-66-35-49(62)55-51(53(4,5)6)52(63)59-34-45(60)33-47(59)48(61)19-11-39-9-13-41(14-10-39)50-38(3)54-36-67-50/h8-10,12-18,32,36,44-45,47,51,60H,7,11,19-31,33-35H2,1-6H3,(H,55,62)/t45-,47+,51-/m1/s1. The van der Waals surface area contributed by atoms with E-state index in [0.717, 1.165) is 87.0 Å². The summed E-state index contributed by atoms with van der Waals surface area (Å²) < 4.78 is 17.2. The molecule has 0 aliphatic carbocycles. The van der Waals surface area contributed by atoms with Crippen LogP contribution in [0.4, 0.5) is 11.4 Å². The third-order valence-corrected chi connectivity index (χ3v) is 14.5. The van der Waals surface area contributed by atoms with E-state index in [0.29, 0.717) is 25.7 Å². The molecule has 13 nitrogen and oxygen atoms in total. The maximum Gasteiger partial charge on any atom is 0.246 e. The van der Waals surface area contributed by atoms with Crippen molar-refractivity contribution in [1.82, 2.24) is 20.1 Å². The van der Waals surface area contributed by atoms with Crippen LogP contribution >= 0.6 is 11.3 Å². The summed E-state index contributed by atoms with van der Waals surface area (Å²) in [6, 6.07) is 22.8. The molecule has 1 aromatic heterocycles. The number of thiazole rings is 1. The Morgan fingerprint density at radius 3 is 2.27 bits per heavy atom. The molecule has 4 heterocycles. The Morgan fingerprint density at radius 1 is 0.910 bits per heavy atom. The zero-order valence-electron chi connectivity index (χ0n) is 40.5. The molecule has 7 rings (SSSR count). The second-order valence-corrected chi connectivity index (χ2v) is 20.2. The van der Waals surface area contributed by atoms with E-state index in [-0.39, 0.29) is 44.3 Å². The summed E-state index contributed by atoms with van der Waals surface area (Å²) in [7, 11) is 0. The van der Waals surface area contributed by atoms with E-state index in [1.165, 1.54) is 33.0 Å². The lowest BCUT2D eigenvalue weighted by molar-refractivity contribution is -0.144. The van der Waals surface area contributed by atoms with Crippen molar-refractivity contribution in [2.45, 2.75) is 97.9 Å². The van der Waals surface area contributed by atoms with E-state index < -0.39 is 29.5 Å². The molecular formula is C53H72N6O7S. The number of aliphatic hydroxyl groups is 1. The Kier molecular flexibility index (Phi) is 17.6. The molecule has 3 aliphatic heterocycles. The molecule has 67 heavy (non-hydrogen) atoms. The molecule has 3 atom stereocenters. The number of hydrogen-bond donors (Lipinski definition) is 2. The number of aliphatic hydroxyl groups excluding tert-OH is 1. The summed E-state index contributed by atoms with van der Waals surface area (Å²) in [5.41, 5.74) is 10.6. The van der Waals surface area contributed by atoms with E-state index in [1.54, 1.807) is 11.3 Å². The fourth-order valence-electron chi connectivity index (χ4n) is 9.61. The molecule has 14 heteroatoms. The number of hydrogen-bond acceptors (Lipinski definition) is 12.